The van der Waals surface area contributed by atoms with Gasteiger partial charge in [-0.3, -0.25) is 0 Å². The van der Waals surface area contributed by atoms with Crippen molar-refractivity contribution in [2.45, 2.75) is 19.4 Å². The van der Waals surface area contributed by atoms with Gasteiger partial charge in [0.15, 0.2) is 0 Å². The van der Waals surface area contributed by atoms with Crippen molar-refractivity contribution < 1.29 is 4.74 Å². The second-order valence-corrected chi connectivity index (χ2v) is 5.04. The monoisotopic (exact) mass is 275 g/mol. The minimum Gasteiger partial charge on any atom is -0.494 e. The summed E-state index contributed by atoms with van der Waals surface area (Å²) in [6, 6.07) is 15.6. The fourth-order valence-corrected chi connectivity index (χ4v) is 1.94. The van der Waals surface area contributed by atoms with E-state index in [1.165, 1.54) is 5.56 Å². The largest absolute Gasteiger partial charge is 0.494 e. The van der Waals surface area contributed by atoms with Crippen LogP contribution in [0.25, 0.3) is 0 Å². The lowest BCUT2D eigenvalue weighted by atomic mass is 10.1. The van der Waals surface area contributed by atoms with Gasteiger partial charge in [0.25, 0.3) is 0 Å². The van der Waals surface area contributed by atoms with Crippen molar-refractivity contribution in [1.82, 2.24) is 0 Å². The lowest BCUT2D eigenvalue weighted by Crippen LogP contribution is -2.14. The van der Waals surface area contributed by atoms with Crippen LogP contribution in [0.1, 0.15) is 23.6 Å². The van der Waals surface area contributed by atoms with Gasteiger partial charge in [-0.2, -0.15) is 0 Å². The summed E-state index contributed by atoms with van der Waals surface area (Å²) in [6.45, 7) is 2.66. The summed E-state index contributed by atoms with van der Waals surface area (Å²) in [6.07, 6.45) is 0.773. The molecule has 2 aromatic carbocycles. The van der Waals surface area contributed by atoms with Crippen LogP contribution >= 0.6 is 11.6 Å². The van der Waals surface area contributed by atoms with E-state index in [2.05, 4.69) is 6.92 Å². The molecule has 2 nitrogen and oxygen atoms in total. The van der Waals surface area contributed by atoms with E-state index < -0.39 is 0 Å². The van der Waals surface area contributed by atoms with Crippen LogP contribution < -0.4 is 10.5 Å². The highest BCUT2D eigenvalue weighted by atomic mass is 35.5. The average Bonchev–Trinajstić information content (AvgIpc) is 2.41. The summed E-state index contributed by atoms with van der Waals surface area (Å²) >= 11 is 5.85. The molecular weight excluding hydrogens is 258 g/mol. The van der Waals surface area contributed by atoms with Crippen molar-refractivity contribution in [3.8, 4) is 5.75 Å². The van der Waals surface area contributed by atoms with Crippen LogP contribution in [0.2, 0.25) is 5.02 Å². The van der Waals surface area contributed by atoms with Gasteiger partial charge in [0.2, 0.25) is 0 Å². The summed E-state index contributed by atoms with van der Waals surface area (Å²) in [4.78, 5) is 0. The van der Waals surface area contributed by atoms with E-state index in [4.69, 9.17) is 22.1 Å². The summed E-state index contributed by atoms with van der Waals surface area (Å²) in [5.74, 6) is 0.883. The maximum atomic E-state index is 6.11. The lowest BCUT2D eigenvalue weighted by molar-refractivity contribution is 0.298. The van der Waals surface area contributed by atoms with E-state index >= 15 is 0 Å². The Morgan fingerprint density at radius 3 is 2.32 bits per heavy atom. The summed E-state index contributed by atoms with van der Waals surface area (Å²) < 4.78 is 5.67. The number of benzene rings is 2. The van der Waals surface area contributed by atoms with E-state index in [1.807, 2.05) is 48.5 Å². The Labute approximate surface area is 119 Å². The molecule has 0 radical (unpaired) electrons. The van der Waals surface area contributed by atoms with Gasteiger partial charge in [0, 0.05) is 17.5 Å². The molecule has 0 saturated carbocycles. The zero-order valence-corrected chi connectivity index (χ0v) is 11.7. The molecule has 0 aliphatic rings. The Morgan fingerprint density at radius 1 is 1.05 bits per heavy atom. The van der Waals surface area contributed by atoms with Gasteiger partial charge >= 0.3 is 0 Å². The van der Waals surface area contributed by atoms with Gasteiger partial charge in [-0.25, -0.2) is 0 Å². The molecule has 0 amide bonds. The molecule has 0 saturated heterocycles. The SMILES string of the molecule is Cc1ccc(OCCC(N)c2ccc(Cl)cc2)cc1. The first-order valence-corrected chi connectivity index (χ1v) is 6.73. The molecule has 2 rings (SSSR count). The predicted molar refractivity (Wildman–Crippen MR) is 79.7 cm³/mol. The maximum Gasteiger partial charge on any atom is 0.119 e. The molecule has 0 aliphatic heterocycles. The highest BCUT2D eigenvalue weighted by Crippen LogP contribution is 2.18. The van der Waals surface area contributed by atoms with E-state index in [9.17, 15) is 0 Å². The molecule has 3 heteroatoms. The number of aryl methyl sites for hydroxylation is 1. The minimum absolute atomic E-state index is 0.0253. The quantitative estimate of drug-likeness (QED) is 0.891. The molecule has 0 bridgehead atoms. The van der Waals surface area contributed by atoms with E-state index in [-0.39, 0.29) is 6.04 Å². The number of nitrogens with two attached hydrogens (primary N) is 1. The second kappa shape index (κ2) is 6.60. The first-order valence-electron chi connectivity index (χ1n) is 6.35. The Hall–Kier alpha value is -1.51. The molecule has 0 heterocycles. The third kappa shape index (κ3) is 4.27. The second-order valence-electron chi connectivity index (χ2n) is 4.61. The van der Waals surface area contributed by atoms with Gasteiger partial charge in [-0.15, -0.1) is 0 Å². The lowest BCUT2D eigenvalue weighted by Gasteiger charge is -2.13. The molecule has 19 heavy (non-hydrogen) atoms. The fraction of sp³-hybridized carbons (Fsp3) is 0.250. The molecule has 2 aromatic rings. The third-order valence-corrected chi connectivity index (χ3v) is 3.27. The predicted octanol–water partition coefficient (Wildman–Crippen LogP) is 4.12. The van der Waals surface area contributed by atoms with Gasteiger partial charge < -0.3 is 10.5 Å². The summed E-state index contributed by atoms with van der Waals surface area (Å²) in [7, 11) is 0. The summed E-state index contributed by atoms with van der Waals surface area (Å²) in [5.41, 5.74) is 8.42. The molecule has 0 aliphatic carbocycles. The Kier molecular flexibility index (Phi) is 4.83. The zero-order valence-electron chi connectivity index (χ0n) is 11.0. The van der Waals surface area contributed by atoms with E-state index in [0.717, 1.165) is 22.8 Å². The topological polar surface area (TPSA) is 35.2 Å². The summed E-state index contributed by atoms with van der Waals surface area (Å²) in [5, 5.41) is 0.729. The maximum absolute atomic E-state index is 6.11. The first-order chi connectivity index (χ1) is 9.15. The molecule has 0 aromatic heterocycles. The van der Waals surface area contributed by atoms with Crippen molar-refractivity contribution >= 4 is 11.6 Å². The van der Waals surface area contributed by atoms with E-state index in [0.29, 0.717) is 6.61 Å². The van der Waals surface area contributed by atoms with Crippen LogP contribution in [0.15, 0.2) is 48.5 Å². The molecule has 0 spiro atoms. The van der Waals surface area contributed by atoms with Crippen LogP contribution in [-0.2, 0) is 0 Å². The minimum atomic E-state index is -0.0253. The van der Waals surface area contributed by atoms with Crippen LogP contribution in [0.4, 0.5) is 0 Å². The number of hydrogen-bond donors (Lipinski definition) is 1. The molecule has 100 valence electrons. The number of ether oxygens (including phenoxy) is 1. The number of halogens is 1. The Morgan fingerprint density at radius 2 is 1.68 bits per heavy atom. The molecule has 1 unspecified atom stereocenters. The molecular formula is C16H18ClNO. The van der Waals surface area contributed by atoms with Crippen LogP contribution in [0.3, 0.4) is 0 Å². The first kappa shape index (κ1) is 13.9. The van der Waals surface area contributed by atoms with Crippen molar-refractivity contribution in [1.29, 1.82) is 0 Å². The number of hydrogen-bond acceptors (Lipinski definition) is 2. The standard InChI is InChI=1S/C16H18ClNO/c1-12-2-8-15(9-3-12)19-11-10-16(18)13-4-6-14(17)7-5-13/h2-9,16H,10-11,18H2,1H3. The van der Waals surface area contributed by atoms with Crippen LogP contribution in [0.5, 0.6) is 5.75 Å². The van der Waals surface area contributed by atoms with Crippen LogP contribution in [0, 0.1) is 6.92 Å². The molecule has 2 N–H and O–H groups in total. The number of rotatable bonds is 5. The van der Waals surface area contributed by atoms with Crippen LogP contribution in [-0.4, -0.2) is 6.61 Å². The van der Waals surface area contributed by atoms with E-state index in [1.54, 1.807) is 0 Å². The Bertz CT molecular complexity index is 507. The smallest absolute Gasteiger partial charge is 0.119 e. The average molecular weight is 276 g/mol. The van der Waals surface area contributed by atoms with Gasteiger partial charge in [0.05, 0.1) is 6.61 Å². The van der Waals surface area contributed by atoms with Gasteiger partial charge in [0.1, 0.15) is 5.75 Å². The zero-order chi connectivity index (χ0) is 13.7. The van der Waals surface area contributed by atoms with Crippen molar-refractivity contribution in [3.05, 3.63) is 64.7 Å². The fourth-order valence-electron chi connectivity index (χ4n) is 1.81. The molecule has 0 fully saturated rings. The normalized spacial score (nSPS) is 12.2. The van der Waals surface area contributed by atoms with Gasteiger partial charge in [-0.1, -0.05) is 41.4 Å². The highest BCUT2D eigenvalue weighted by molar-refractivity contribution is 6.30. The third-order valence-electron chi connectivity index (χ3n) is 3.02. The van der Waals surface area contributed by atoms with Crippen molar-refractivity contribution in [3.63, 3.8) is 0 Å². The van der Waals surface area contributed by atoms with Gasteiger partial charge in [-0.05, 0) is 36.8 Å². The van der Waals surface area contributed by atoms with Crippen molar-refractivity contribution in [2.75, 3.05) is 6.61 Å². The highest BCUT2D eigenvalue weighted by Gasteiger charge is 2.06. The van der Waals surface area contributed by atoms with Crippen molar-refractivity contribution in [2.24, 2.45) is 5.73 Å². The Balaban J connectivity index is 1.82. The molecule has 1 atom stereocenters.